The Kier molecular flexibility index (Phi) is 5.25. The van der Waals surface area contributed by atoms with Crippen LogP contribution in [0.25, 0.3) is 5.57 Å². The largest absolute Gasteiger partial charge is 0.462 e. The molecular formula is C24H27N5O2S. The average molecular weight is 450 g/mol. The molecule has 3 aliphatic rings. The van der Waals surface area contributed by atoms with E-state index in [9.17, 15) is 4.79 Å². The molecule has 8 heteroatoms. The van der Waals surface area contributed by atoms with Crippen molar-refractivity contribution in [1.29, 1.82) is 0 Å². The number of aromatic nitrogens is 3. The van der Waals surface area contributed by atoms with Gasteiger partial charge in [0.15, 0.2) is 5.13 Å². The summed E-state index contributed by atoms with van der Waals surface area (Å²) in [6.45, 7) is 7.09. The zero-order valence-corrected chi connectivity index (χ0v) is 19.4. The molecule has 5 rings (SSSR count). The van der Waals surface area contributed by atoms with Gasteiger partial charge in [-0.25, -0.2) is 4.98 Å². The Labute approximate surface area is 191 Å². The number of aryl methyl sites for hydroxylation is 1. The maximum absolute atomic E-state index is 12.5. The number of anilines is 1. The lowest BCUT2D eigenvalue weighted by Crippen LogP contribution is -2.48. The summed E-state index contributed by atoms with van der Waals surface area (Å²) in [5.74, 6) is 0.751. The summed E-state index contributed by atoms with van der Waals surface area (Å²) in [5, 5.41) is 8.32. The molecule has 0 spiro atoms. The molecule has 1 N–H and O–H groups in total. The molecule has 4 heterocycles. The summed E-state index contributed by atoms with van der Waals surface area (Å²) in [6, 6.07) is 0. The first-order valence-corrected chi connectivity index (χ1v) is 11.8. The number of rotatable bonds is 5. The smallest absolute Gasteiger partial charge is 0.263 e. The Balaban J connectivity index is 1.48. The third kappa shape index (κ3) is 3.90. The molecule has 1 amide bonds. The fourth-order valence-corrected chi connectivity index (χ4v) is 5.19. The van der Waals surface area contributed by atoms with E-state index < -0.39 is 0 Å². The number of fused-ring (bicyclic) bond motifs is 1. The molecule has 0 saturated heterocycles. The van der Waals surface area contributed by atoms with Crippen molar-refractivity contribution in [3.8, 4) is 0 Å². The number of carbonyl (C=O) groups excluding carboxylic acids is 1. The normalized spacial score (nSPS) is 19.5. The summed E-state index contributed by atoms with van der Waals surface area (Å²) in [5.41, 5.74) is 3.96. The van der Waals surface area contributed by atoms with Gasteiger partial charge >= 0.3 is 0 Å². The molecule has 0 saturated carbocycles. The van der Waals surface area contributed by atoms with Crippen molar-refractivity contribution < 1.29 is 9.53 Å². The first-order chi connectivity index (χ1) is 15.4. The van der Waals surface area contributed by atoms with Crippen molar-refractivity contribution in [2.75, 3.05) is 4.90 Å². The van der Waals surface area contributed by atoms with E-state index in [-0.39, 0.29) is 11.4 Å². The fraction of sp³-hybridized carbons (Fsp3) is 0.375. The molecule has 166 valence electrons. The Morgan fingerprint density at radius 2 is 2.22 bits per heavy atom. The lowest BCUT2D eigenvalue weighted by molar-refractivity contribution is 0.0901. The second-order valence-electron chi connectivity index (χ2n) is 8.92. The minimum atomic E-state index is -0.284. The van der Waals surface area contributed by atoms with Gasteiger partial charge in [-0.15, -0.1) is 0 Å². The van der Waals surface area contributed by atoms with E-state index in [2.05, 4.69) is 35.7 Å². The summed E-state index contributed by atoms with van der Waals surface area (Å²) in [7, 11) is 0. The summed E-state index contributed by atoms with van der Waals surface area (Å²) in [4.78, 5) is 19.9. The molecule has 2 aliphatic heterocycles. The maximum Gasteiger partial charge on any atom is 0.263 e. The van der Waals surface area contributed by atoms with Gasteiger partial charge in [0.05, 0.1) is 18.1 Å². The lowest BCUT2D eigenvalue weighted by Gasteiger charge is -2.29. The van der Waals surface area contributed by atoms with Gasteiger partial charge in [0, 0.05) is 42.0 Å². The number of ether oxygens (including phenoxy) is 1. The Morgan fingerprint density at radius 3 is 3.06 bits per heavy atom. The predicted octanol–water partition coefficient (Wildman–Crippen LogP) is 4.77. The van der Waals surface area contributed by atoms with Crippen LogP contribution in [0.2, 0.25) is 0 Å². The van der Waals surface area contributed by atoms with Gasteiger partial charge in [-0.05, 0) is 38.7 Å². The second-order valence-corrected chi connectivity index (χ2v) is 9.89. The molecule has 7 nitrogen and oxygen atoms in total. The minimum Gasteiger partial charge on any atom is -0.462 e. The fourth-order valence-electron chi connectivity index (χ4n) is 4.26. The van der Waals surface area contributed by atoms with Gasteiger partial charge in [-0.1, -0.05) is 30.4 Å². The summed E-state index contributed by atoms with van der Waals surface area (Å²) >= 11 is 1.41. The number of carbonyl (C=O) groups is 1. The van der Waals surface area contributed by atoms with Crippen LogP contribution in [-0.2, 0) is 17.7 Å². The van der Waals surface area contributed by atoms with Crippen LogP contribution in [0.4, 0.5) is 5.13 Å². The predicted molar refractivity (Wildman–Crippen MR) is 126 cm³/mol. The highest BCUT2D eigenvalue weighted by atomic mass is 32.1. The van der Waals surface area contributed by atoms with Crippen molar-refractivity contribution in [1.82, 2.24) is 20.1 Å². The van der Waals surface area contributed by atoms with Gasteiger partial charge in [-0.2, -0.15) is 5.10 Å². The summed E-state index contributed by atoms with van der Waals surface area (Å²) in [6.07, 6.45) is 17.5. The van der Waals surface area contributed by atoms with Gasteiger partial charge < -0.3 is 10.1 Å². The number of thiazole rings is 1. The first kappa shape index (κ1) is 20.8. The number of amides is 1. The number of allylic oxidation sites excluding steroid dienone is 4. The molecule has 0 atom stereocenters. The number of nitrogens with zero attached hydrogens (tertiary/aromatic N) is 4. The average Bonchev–Trinajstić information content (AvgIpc) is 3.41. The van der Waals surface area contributed by atoms with E-state index >= 15 is 0 Å². The highest BCUT2D eigenvalue weighted by Crippen LogP contribution is 2.37. The summed E-state index contributed by atoms with van der Waals surface area (Å²) < 4.78 is 7.93. The molecule has 2 aromatic rings. The SMILES string of the molecule is CCCn1cc(C2=C(C3=CN(c4nc5c(s4)C(=O)NC(C)(C)C5)C=CO3)CCC=C2)cn1. The second kappa shape index (κ2) is 8.09. The Hall–Kier alpha value is -3.13. The quantitative estimate of drug-likeness (QED) is 0.712. The van der Waals surface area contributed by atoms with Crippen LogP contribution in [0.3, 0.4) is 0 Å². The van der Waals surface area contributed by atoms with Crippen LogP contribution >= 0.6 is 11.3 Å². The number of hydrogen-bond acceptors (Lipinski definition) is 6. The van der Waals surface area contributed by atoms with Crippen LogP contribution in [0.1, 0.15) is 61.0 Å². The zero-order chi connectivity index (χ0) is 22.3. The topological polar surface area (TPSA) is 72.3 Å². The minimum absolute atomic E-state index is 0.0482. The molecule has 32 heavy (non-hydrogen) atoms. The van der Waals surface area contributed by atoms with Gasteiger partial charge in [0.2, 0.25) is 0 Å². The van der Waals surface area contributed by atoms with Crippen molar-refractivity contribution in [3.63, 3.8) is 0 Å². The van der Waals surface area contributed by atoms with Crippen LogP contribution in [0.5, 0.6) is 0 Å². The van der Waals surface area contributed by atoms with Gasteiger partial charge in [0.1, 0.15) is 16.9 Å². The van der Waals surface area contributed by atoms with E-state index in [1.54, 1.807) is 6.26 Å². The van der Waals surface area contributed by atoms with Crippen LogP contribution in [0.15, 0.2) is 54.5 Å². The highest BCUT2D eigenvalue weighted by Gasteiger charge is 2.34. The molecule has 0 unspecified atom stereocenters. The molecule has 2 aromatic heterocycles. The number of hydrogen-bond donors (Lipinski definition) is 1. The third-order valence-corrected chi connectivity index (χ3v) is 6.82. The van der Waals surface area contributed by atoms with E-state index in [1.807, 2.05) is 42.0 Å². The van der Waals surface area contributed by atoms with Crippen molar-refractivity contribution in [2.45, 2.75) is 58.5 Å². The first-order valence-electron chi connectivity index (χ1n) is 11.0. The molecule has 0 bridgehead atoms. The third-order valence-electron chi connectivity index (χ3n) is 5.71. The van der Waals surface area contributed by atoms with Gasteiger partial charge in [-0.3, -0.25) is 14.4 Å². The molecule has 0 radical (unpaired) electrons. The van der Waals surface area contributed by atoms with E-state index in [1.165, 1.54) is 11.3 Å². The number of nitrogens with one attached hydrogen (secondary N) is 1. The molecule has 1 aliphatic carbocycles. The van der Waals surface area contributed by atoms with Crippen molar-refractivity contribution >= 4 is 27.9 Å². The zero-order valence-electron chi connectivity index (χ0n) is 18.6. The van der Waals surface area contributed by atoms with Crippen LogP contribution < -0.4 is 10.2 Å². The molecule has 0 aromatic carbocycles. The van der Waals surface area contributed by atoms with E-state index in [0.717, 1.165) is 65.5 Å². The standard InChI is InChI=1S/C24H27N5O2S/c1-4-9-29-14-16(13-25-29)17-7-5-6-8-18(17)20-15-28(10-11-31-20)23-26-19-12-24(2,3)27-22(30)21(19)32-23/h5,7,10-11,13-15H,4,6,8-9,12H2,1-3H3,(H,27,30). The molecular weight excluding hydrogens is 422 g/mol. The lowest BCUT2D eigenvalue weighted by atomic mass is 9.92. The van der Waals surface area contributed by atoms with E-state index in [0.29, 0.717) is 4.88 Å². The van der Waals surface area contributed by atoms with E-state index in [4.69, 9.17) is 9.72 Å². The van der Waals surface area contributed by atoms with Gasteiger partial charge in [0.25, 0.3) is 5.91 Å². The highest BCUT2D eigenvalue weighted by molar-refractivity contribution is 7.17. The Bertz CT molecular complexity index is 1180. The van der Waals surface area contributed by atoms with Crippen molar-refractivity contribution in [3.05, 3.63) is 70.7 Å². The molecule has 0 fully saturated rings. The maximum atomic E-state index is 12.5. The van der Waals surface area contributed by atoms with Crippen LogP contribution in [-0.4, -0.2) is 26.2 Å². The van der Waals surface area contributed by atoms with Crippen LogP contribution in [0, 0.1) is 0 Å². The Morgan fingerprint density at radius 1 is 1.34 bits per heavy atom. The van der Waals surface area contributed by atoms with Crippen molar-refractivity contribution in [2.24, 2.45) is 0 Å². The monoisotopic (exact) mass is 449 g/mol.